The first-order chi connectivity index (χ1) is 8.20. The van der Waals surface area contributed by atoms with Crippen molar-refractivity contribution in [3.05, 3.63) is 53.6 Å². The van der Waals surface area contributed by atoms with Crippen LogP contribution in [0, 0.1) is 18.3 Å². The first-order valence-corrected chi connectivity index (χ1v) is 5.99. The fraction of sp³-hybridized carbons (Fsp3) is 0.0714. The topological polar surface area (TPSA) is 44.0 Å². The van der Waals surface area contributed by atoms with E-state index in [1.807, 2.05) is 37.3 Å². The molecule has 0 unspecified atom stereocenters. The molecule has 2 rings (SSSR count). The number of rotatable bonds is 2. The maximum Gasteiger partial charge on any atom is 0.115 e. The minimum atomic E-state index is 0.250. The molecule has 17 heavy (non-hydrogen) atoms. The molecule has 0 aliphatic heterocycles. The van der Waals surface area contributed by atoms with Crippen LogP contribution in [-0.4, -0.2) is 5.11 Å². The molecule has 0 amide bonds. The lowest BCUT2D eigenvalue weighted by atomic mass is 10.1. The Labute approximate surface area is 105 Å². The predicted octanol–water partition coefficient (Wildman–Crippen LogP) is 3.72. The normalized spacial score (nSPS) is 9.88. The Morgan fingerprint density at radius 2 is 1.82 bits per heavy atom. The summed E-state index contributed by atoms with van der Waals surface area (Å²) in [5.41, 5.74) is 1.77. The number of hydrogen-bond acceptors (Lipinski definition) is 3. The van der Waals surface area contributed by atoms with Gasteiger partial charge in [-0.2, -0.15) is 5.26 Å². The van der Waals surface area contributed by atoms with Crippen LogP contribution in [0.3, 0.4) is 0 Å². The van der Waals surface area contributed by atoms with E-state index in [1.165, 1.54) is 0 Å². The average molecular weight is 241 g/mol. The molecule has 2 aromatic rings. The Morgan fingerprint density at radius 1 is 1.12 bits per heavy atom. The Bertz CT molecular complexity index is 570. The molecule has 0 radical (unpaired) electrons. The van der Waals surface area contributed by atoms with Gasteiger partial charge in [-0.15, -0.1) is 0 Å². The zero-order chi connectivity index (χ0) is 12.3. The fourth-order valence-electron chi connectivity index (χ4n) is 1.51. The highest BCUT2D eigenvalue weighted by molar-refractivity contribution is 7.99. The van der Waals surface area contributed by atoms with Crippen molar-refractivity contribution in [2.75, 3.05) is 0 Å². The van der Waals surface area contributed by atoms with E-state index in [2.05, 4.69) is 6.07 Å². The van der Waals surface area contributed by atoms with Crippen LogP contribution in [0.15, 0.2) is 52.3 Å². The van der Waals surface area contributed by atoms with Gasteiger partial charge in [-0.05, 0) is 42.8 Å². The summed E-state index contributed by atoms with van der Waals surface area (Å²) < 4.78 is 0. The molecular formula is C14H11NOS. The Kier molecular flexibility index (Phi) is 3.36. The summed E-state index contributed by atoms with van der Waals surface area (Å²) >= 11 is 1.54. The van der Waals surface area contributed by atoms with Crippen LogP contribution in [0.5, 0.6) is 5.75 Å². The van der Waals surface area contributed by atoms with Gasteiger partial charge in [-0.1, -0.05) is 23.9 Å². The number of nitrogens with zero attached hydrogens (tertiary/aromatic N) is 1. The second-order valence-corrected chi connectivity index (χ2v) is 4.74. The van der Waals surface area contributed by atoms with Gasteiger partial charge in [0.05, 0.1) is 5.56 Å². The lowest BCUT2D eigenvalue weighted by Crippen LogP contribution is -1.85. The van der Waals surface area contributed by atoms with E-state index in [1.54, 1.807) is 23.9 Å². The second kappa shape index (κ2) is 4.94. The van der Waals surface area contributed by atoms with Gasteiger partial charge >= 0.3 is 0 Å². The van der Waals surface area contributed by atoms with Gasteiger partial charge in [-0.3, -0.25) is 0 Å². The highest BCUT2D eigenvalue weighted by Gasteiger charge is 2.06. The first kappa shape index (κ1) is 11.6. The van der Waals surface area contributed by atoms with Gasteiger partial charge in [0.2, 0.25) is 0 Å². The van der Waals surface area contributed by atoms with Gasteiger partial charge < -0.3 is 5.11 Å². The van der Waals surface area contributed by atoms with Crippen molar-refractivity contribution in [2.45, 2.75) is 16.7 Å². The SMILES string of the molecule is Cc1cccc(C#N)c1Sc1ccc(O)cc1. The Balaban J connectivity index is 2.36. The zero-order valence-corrected chi connectivity index (χ0v) is 10.2. The van der Waals surface area contributed by atoms with Gasteiger partial charge in [0, 0.05) is 9.79 Å². The summed E-state index contributed by atoms with van der Waals surface area (Å²) in [5, 5.41) is 18.3. The lowest BCUT2D eigenvalue weighted by molar-refractivity contribution is 0.475. The molecule has 0 aliphatic carbocycles. The van der Waals surface area contributed by atoms with E-state index in [0.717, 1.165) is 15.4 Å². The molecule has 0 aromatic heterocycles. The minimum Gasteiger partial charge on any atom is -0.508 e. The summed E-state index contributed by atoms with van der Waals surface area (Å²) in [4.78, 5) is 1.98. The number of hydrogen-bond donors (Lipinski definition) is 1. The van der Waals surface area contributed by atoms with Crippen molar-refractivity contribution < 1.29 is 5.11 Å². The number of phenols is 1. The number of aryl methyl sites for hydroxylation is 1. The van der Waals surface area contributed by atoms with E-state index in [-0.39, 0.29) is 5.75 Å². The number of nitriles is 1. The van der Waals surface area contributed by atoms with Gasteiger partial charge in [0.15, 0.2) is 0 Å². The van der Waals surface area contributed by atoms with Gasteiger partial charge in [0.1, 0.15) is 11.8 Å². The third-order valence-corrected chi connectivity index (χ3v) is 3.64. The molecule has 0 aliphatic rings. The molecule has 0 bridgehead atoms. The van der Waals surface area contributed by atoms with Gasteiger partial charge in [-0.25, -0.2) is 0 Å². The van der Waals surface area contributed by atoms with Crippen LogP contribution >= 0.6 is 11.8 Å². The number of aromatic hydroxyl groups is 1. The molecule has 2 nitrogen and oxygen atoms in total. The Hall–Kier alpha value is -1.92. The van der Waals surface area contributed by atoms with Crippen LogP contribution in [0.25, 0.3) is 0 Å². The van der Waals surface area contributed by atoms with Crippen molar-refractivity contribution in [2.24, 2.45) is 0 Å². The van der Waals surface area contributed by atoms with Crippen molar-refractivity contribution in [3.8, 4) is 11.8 Å². The highest BCUT2D eigenvalue weighted by Crippen LogP contribution is 2.33. The Morgan fingerprint density at radius 3 is 2.47 bits per heavy atom. The van der Waals surface area contributed by atoms with E-state index in [9.17, 15) is 5.11 Å². The van der Waals surface area contributed by atoms with Crippen molar-refractivity contribution in [1.29, 1.82) is 5.26 Å². The molecule has 0 fully saturated rings. The van der Waals surface area contributed by atoms with E-state index in [0.29, 0.717) is 5.56 Å². The van der Waals surface area contributed by atoms with E-state index in [4.69, 9.17) is 5.26 Å². The molecule has 2 aromatic carbocycles. The molecule has 1 N–H and O–H groups in total. The van der Waals surface area contributed by atoms with Crippen molar-refractivity contribution >= 4 is 11.8 Å². The maximum atomic E-state index is 9.22. The van der Waals surface area contributed by atoms with Crippen molar-refractivity contribution in [1.82, 2.24) is 0 Å². The summed E-state index contributed by atoms with van der Waals surface area (Å²) in [6.45, 7) is 1.99. The first-order valence-electron chi connectivity index (χ1n) is 5.17. The average Bonchev–Trinajstić information content (AvgIpc) is 2.34. The maximum absolute atomic E-state index is 9.22. The molecule has 0 saturated carbocycles. The smallest absolute Gasteiger partial charge is 0.115 e. The molecule has 0 atom stereocenters. The van der Waals surface area contributed by atoms with Crippen LogP contribution in [0.4, 0.5) is 0 Å². The summed E-state index contributed by atoms with van der Waals surface area (Å²) in [6, 6.07) is 14.9. The quantitative estimate of drug-likeness (QED) is 0.871. The summed E-state index contributed by atoms with van der Waals surface area (Å²) in [6.07, 6.45) is 0. The molecule has 3 heteroatoms. The molecule has 0 saturated heterocycles. The summed E-state index contributed by atoms with van der Waals surface area (Å²) in [5.74, 6) is 0.250. The van der Waals surface area contributed by atoms with Gasteiger partial charge in [0.25, 0.3) is 0 Å². The molecular weight excluding hydrogens is 230 g/mol. The number of phenolic OH excluding ortho intramolecular Hbond substituents is 1. The molecule has 0 heterocycles. The third kappa shape index (κ3) is 2.61. The summed E-state index contributed by atoms with van der Waals surface area (Å²) in [7, 11) is 0. The second-order valence-electron chi connectivity index (χ2n) is 3.66. The van der Waals surface area contributed by atoms with Crippen molar-refractivity contribution in [3.63, 3.8) is 0 Å². The van der Waals surface area contributed by atoms with E-state index >= 15 is 0 Å². The van der Waals surface area contributed by atoms with Crippen LogP contribution in [0.1, 0.15) is 11.1 Å². The highest BCUT2D eigenvalue weighted by atomic mass is 32.2. The minimum absolute atomic E-state index is 0.250. The fourth-order valence-corrected chi connectivity index (χ4v) is 2.47. The van der Waals surface area contributed by atoms with E-state index < -0.39 is 0 Å². The zero-order valence-electron chi connectivity index (χ0n) is 9.34. The molecule has 0 spiro atoms. The van der Waals surface area contributed by atoms with Crippen LogP contribution in [-0.2, 0) is 0 Å². The monoisotopic (exact) mass is 241 g/mol. The predicted molar refractivity (Wildman–Crippen MR) is 68.1 cm³/mol. The largest absolute Gasteiger partial charge is 0.508 e. The number of benzene rings is 2. The van der Waals surface area contributed by atoms with Crippen LogP contribution < -0.4 is 0 Å². The lowest BCUT2D eigenvalue weighted by Gasteiger charge is -2.07. The molecule has 84 valence electrons. The van der Waals surface area contributed by atoms with Crippen LogP contribution in [0.2, 0.25) is 0 Å². The standard InChI is InChI=1S/C14H11NOS/c1-10-3-2-4-11(9-15)14(10)17-13-7-5-12(16)6-8-13/h2-8,16H,1H3. The third-order valence-electron chi connectivity index (χ3n) is 2.39.